The molecule has 0 aliphatic carbocycles. The van der Waals surface area contributed by atoms with Crippen molar-refractivity contribution < 1.29 is 27.8 Å². The summed E-state index contributed by atoms with van der Waals surface area (Å²) in [6.45, 7) is 3.54. The summed E-state index contributed by atoms with van der Waals surface area (Å²) >= 11 is 0. The number of imidazole rings is 1. The second-order valence-electron chi connectivity index (χ2n) is 9.35. The predicted molar refractivity (Wildman–Crippen MR) is 139 cm³/mol. The summed E-state index contributed by atoms with van der Waals surface area (Å²) in [6.07, 6.45) is -0.859. The van der Waals surface area contributed by atoms with Gasteiger partial charge in [0.2, 0.25) is 0 Å². The zero-order valence-corrected chi connectivity index (χ0v) is 21.4. The average molecular weight is 537 g/mol. The summed E-state index contributed by atoms with van der Waals surface area (Å²) in [5, 5.41) is 21.9. The van der Waals surface area contributed by atoms with Crippen LogP contribution in [0.4, 0.5) is 13.2 Å². The second kappa shape index (κ2) is 11.6. The Morgan fingerprint density at radius 2 is 1.92 bits per heavy atom. The summed E-state index contributed by atoms with van der Waals surface area (Å²) in [6, 6.07) is 15.8. The molecule has 0 saturated carbocycles. The number of alkyl halides is 3. The second-order valence-corrected chi connectivity index (χ2v) is 9.35. The Bertz CT molecular complexity index is 1510. The van der Waals surface area contributed by atoms with Crippen molar-refractivity contribution in [1.82, 2.24) is 14.7 Å². The molecule has 0 fully saturated rings. The van der Waals surface area contributed by atoms with Crippen LogP contribution in [0, 0.1) is 11.3 Å². The first-order valence-electron chi connectivity index (χ1n) is 12.4. The molecule has 7 nitrogen and oxygen atoms in total. The summed E-state index contributed by atoms with van der Waals surface area (Å²) in [5.41, 5.74) is 1.47. The number of benzene rings is 2. The van der Waals surface area contributed by atoms with Crippen LogP contribution in [0.15, 0.2) is 67.0 Å². The molecule has 0 bridgehead atoms. The fourth-order valence-corrected chi connectivity index (χ4v) is 4.23. The molecule has 2 aromatic carbocycles. The molecule has 1 amide bonds. The van der Waals surface area contributed by atoms with Crippen molar-refractivity contribution in [1.29, 1.82) is 5.26 Å². The first kappa shape index (κ1) is 27.7. The van der Waals surface area contributed by atoms with E-state index in [4.69, 9.17) is 4.74 Å². The maximum absolute atomic E-state index is 13.3. The fourth-order valence-electron chi connectivity index (χ4n) is 4.23. The van der Waals surface area contributed by atoms with Gasteiger partial charge in [0.05, 0.1) is 22.9 Å². The lowest BCUT2D eigenvalue weighted by atomic mass is 10.0. The fraction of sp³-hybridized carbons (Fsp3) is 0.276. The van der Waals surface area contributed by atoms with Gasteiger partial charge in [-0.05, 0) is 62.6 Å². The number of nitriles is 1. The third-order valence-corrected chi connectivity index (χ3v) is 6.06. The van der Waals surface area contributed by atoms with E-state index in [1.165, 1.54) is 22.7 Å². The van der Waals surface area contributed by atoms with E-state index < -0.39 is 17.8 Å². The highest BCUT2D eigenvalue weighted by Crippen LogP contribution is 2.33. The number of halogens is 3. The Balaban J connectivity index is 1.48. The minimum absolute atomic E-state index is 0.123. The lowest BCUT2D eigenvalue weighted by Gasteiger charge is -2.19. The van der Waals surface area contributed by atoms with Gasteiger partial charge >= 0.3 is 6.18 Å². The Kier molecular flexibility index (Phi) is 8.21. The molecule has 0 saturated heterocycles. The van der Waals surface area contributed by atoms with E-state index in [1.54, 1.807) is 30.5 Å². The van der Waals surface area contributed by atoms with E-state index in [0.29, 0.717) is 35.4 Å². The number of amides is 1. The molecule has 39 heavy (non-hydrogen) atoms. The molecule has 4 rings (SSSR count). The van der Waals surface area contributed by atoms with Crippen LogP contribution in [-0.4, -0.2) is 39.2 Å². The normalized spacial score (nSPS) is 12.4. The van der Waals surface area contributed by atoms with E-state index in [2.05, 4.69) is 10.3 Å². The van der Waals surface area contributed by atoms with Gasteiger partial charge in [0.25, 0.3) is 5.91 Å². The smallest absolute Gasteiger partial charge is 0.419 e. The summed E-state index contributed by atoms with van der Waals surface area (Å²) in [5.74, 6) is 0.0131. The predicted octanol–water partition coefficient (Wildman–Crippen LogP) is 5.40. The van der Waals surface area contributed by atoms with Crippen molar-refractivity contribution in [3.63, 3.8) is 0 Å². The quantitative estimate of drug-likeness (QED) is 0.298. The van der Waals surface area contributed by atoms with Crippen LogP contribution < -0.4 is 10.1 Å². The zero-order chi connectivity index (χ0) is 28.2. The third-order valence-electron chi connectivity index (χ3n) is 6.06. The van der Waals surface area contributed by atoms with Crippen LogP contribution in [0.3, 0.4) is 0 Å². The number of aromatic nitrogens is 2. The molecule has 0 unspecified atom stereocenters. The van der Waals surface area contributed by atoms with Crippen LogP contribution in [0.5, 0.6) is 5.75 Å². The molecule has 2 N–H and O–H groups in total. The Morgan fingerprint density at radius 3 is 2.56 bits per heavy atom. The molecule has 0 spiro atoms. The first-order chi connectivity index (χ1) is 18.6. The monoisotopic (exact) mass is 536 g/mol. The van der Waals surface area contributed by atoms with Crippen molar-refractivity contribution in [2.75, 3.05) is 6.61 Å². The Morgan fingerprint density at radius 1 is 1.18 bits per heavy atom. The third kappa shape index (κ3) is 6.56. The Labute approximate surface area is 223 Å². The Hall–Kier alpha value is -4.36. The highest BCUT2D eigenvalue weighted by Gasteiger charge is 2.34. The molecule has 10 heteroatoms. The summed E-state index contributed by atoms with van der Waals surface area (Å²) in [7, 11) is 0. The number of rotatable bonds is 9. The number of nitrogens with zero attached hydrogens (tertiary/aromatic N) is 3. The standard InChI is InChI=1S/C29H27F3N4O3/c1-18(2)39-26-10-9-21(15-22(26)16-33)28(38)34-23(11-13-37)14-19-5-7-20(8-6-19)25-17-36-12-3-4-24(27(36)35-25)29(30,31)32/h3-10,12,15,17-18,23,37H,11,13-14H2,1-2H3,(H,34,38)/t23-/m1/s1. The topological polar surface area (TPSA) is 99.7 Å². The average Bonchev–Trinajstić information content (AvgIpc) is 3.33. The van der Waals surface area contributed by atoms with Gasteiger partial charge in [-0.3, -0.25) is 4.79 Å². The number of hydrogen-bond donors (Lipinski definition) is 2. The maximum Gasteiger partial charge on any atom is 0.419 e. The van der Waals surface area contributed by atoms with Gasteiger partial charge < -0.3 is 19.6 Å². The molecule has 0 aliphatic rings. The number of carbonyl (C=O) groups excluding carboxylic acids is 1. The van der Waals surface area contributed by atoms with Crippen molar-refractivity contribution in [3.8, 4) is 23.1 Å². The van der Waals surface area contributed by atoms with E-state index in [0.717, 1.165) is 11.6 Å². The van der Waals surface area contributed by atoms with E-state index in [9.17, 15) is 28.3 Å². The van der Waals surface area contributed by atoms with Crippen LogP contribution in [-0.2, 0) is 12.6 Å². The molecular formula is C29H27F3N4O3. The van der Waals surface area contributed by atoms with Gasteiger partial charge in [-0.2, -0.15) is 18.4 Å². The van der Waals surface area contributed by atoms with E-state index >= 15 is 0 Å². The lowest BCUT2D eigenvalue weighted by molar-refractivity contribution is -0.136. The van der Waals surface area contributed by atoms with Crippen molar-refractivity contribution in [3.05, 3.63) is 89.2 Å². The van der Waals surface area contributed by atoms with Gasteiger partial charge in [-0.1, -0.05) is 24.3 Å². The SMILES string of the molecule is CC(C)Oc1ccc(C(=O)N[C@H](CCO)Cc2ccc(-c3cn4cccc(C(F)(F)F)c4n3)cc2)cc1C#N. The highest BCUT2D eigenvalue weighted by atomic mass is 19.4. The van der Waals surface area contributed by atoms with Gasteiger partial charge in [0.15, 0.2) is 0 Å². The number of aliphatic hydroxyl groups is 1. The highest BCUT2D eigenvalue weighted by molar-refractivity contribution is 5.95. The molecule has 0 radical (unpaired) electrons. The van der Waals surface area contributed by atoms with Gasteiger partial charge in [-0.15, -0.1) is 0 Å². The van der Waals surface area contributed by atoms with Gasteiger partial charge in [-0.25, -0.2) is 4.98 Å². The molecule has 2 heterocycles. The van der Waals surface area contributed by atoms with Gasteiger partial charge in [0.1, 0.15) is 17.5 Å². The molecule has 2 aromatic heterocycles. The van der Waals surface area contributed by atoms with Crippen LogP contribution in [0.2, 0.25) is 0 Å². The van der Waals surface area contributed by atoms with Gasteiger partial charge in [0, 0.05) is 36.2 Å². The largest absolute Gasteiger partial charge is 0.490 e. The minimum Gasteiger partial charge on any atom is -0.490 e. The lowest BCUT2D eigenvalue weighted by Crippen LogP contribution is -2.37. The number of pyridine rings is 1. The van der Waals surface area contributed by atoms with Crippen LogP contribution >= 0.6 is 0 Å². The number of aliphatic hydroxyl groups excluding tert-OH is 1. The summed E-state index contributed by atoms with van der Waals surface area (Å²) < 4.78 is 47.0. The van der Waals surface area contributed by atoms with Crippen molar-refractivity contribution in [2.24, 2.45) is 0 Å². The van der Waals surface area contributed by atoms with Crippen molar-refractivity contribution >= 4 is 11.6 Å². The molecular weight excluding hydrogens is 509 g/mol. The number of ether oxygens (including phenoxy) is 1. The number of nitrogens with one attached hydrogen (secondary N) is 1. The first-order valence-corrected chi connectivity index (χ1v) is 12.4. The van der Waals surface area contributed by atoms with Crippen molar-refractivity contribution in [2.45, 2.75) is 45.0 Å². The number of fused-ring (bicyclic) bond motifs is 1. The number of carbonyl (C=O) groups is 1. The van der Waals surface area contributed by atoms with E-state index in [1.807, 2.05) is 32.0 Å². The zero-order valence-electron chi connectivity index (χ0n) is 21.4. The minimum atomic E-state index is -4.51. The molecule has 4 aromatic rings. The molecule has 1 atom stereocenters. The molecule has 0 aliphatic heterocycles. The van der Waals surface area contributed by atoms with E-state index in [-0.39, 0.29) is 29.8 Å². The number of hydrogen-bond acceptors (Lipinski definition) is 5. The van der Waals surface area contributed by atoms with Crippen LogP contribution in [0.25, 0.3) is 16.9 Å². The maximum atomic E-state index is 13.3. The van der Waals surface area contributed by atoms with Crippen LogP contribution in [0.1, 0.15) is 47.3 Å². The molecule has 202 valence electrons. The summed E-state index contributed by atoms with van der Waals surface area (Å²) in [4.78, 5) is 17.1.